The highest BCUT2D eigenvalue weighted by molar-refractivity contribution is 7.99. The molecular weight excluding hydrogens is 340 g/mol. The van der Waals surface area contributed by atoms with Gasteiger partial charge in [0.15, 0.2) is 0 Å². The SMILES string of the molecule is Cc1cccc(OCCNC(=O)CSCc2ccc([N+](=O)[O-])cc2)c1. The van der Waals surface area contributed by atoms with Crippen molar-refractivity contribution >= 4 is 23.4 Å². The lowest BCUT2D eigenvalue weighted by atomic mass is 10.2. The molecule has 0 fully saturated rings. The largest absolute Gasteiger partial charge is 0.492 e. The molecular formula is C18H20N2O4S. The Balaban J connectivity index is 1.60. The van der Waals surface area contributed by atoms with Gasteiger partial charge in [-0.1, -0.05) is 24.3 Å². The Morgan fingerprint density at radius 3 is 2.68 bits per heavy atom. The van der Waals surface area contributed by atoms with Crippen LogP contribution in [0.4, 0.5) is 5.69 Å². The van der Waals surface area contributed by atoms with Crippen molar-refractivity contribution in [3.8, 4) is 5.75 Å². The van der Waals surface area contributed by atoms with Crippen LogP contribution in [0.2, 0.25) is 0 Å². The van der Waals surface area contributed by atoms with Crippen LogP contribution in [-0.2, 0) is 10.5 Å². The zero-order valence-electron chi connectivity index (χ0n) is 13.9. The van der Waals surface area contributed by atoms with E-state index >= 15 is 0 Å². The minimum atomic E-state index is -0.427. The molecule has 6 nitrogen and oxygen atoms in total. The van der Waals surface area contributed by atoms with Crippen LogP contribution in [0.3, 0.4) is 0 Å². The first-order valence-corrected chi connectivity index (χ1v) is 8.97. The summed E-state index contributed by atoms with van der Waals surface area (Å²) in [5.41, 5.74) is 2.15. The number of hydrogen-bond donors (Lipinski definition) is 1. The number of aryl methyl sites for hydroxylation is 1. The number of ether oxygens (including phenoxy) is 1. The highest BCUT2D eigenvalue weighted by Gasteiger charge is 2.05. The van der Waals surface area contributed by atoms with Gasteiger partial charge in [-0.05, 0) is 30.2 Å². The Hall–Kier alpha value is -2.54. The van der Waals surface area contributed by atoms with Gasteiger partial charge in [-0.2, -0.15) is 0 Å². The summed E-state index contributed by atoms with van der Waals surface area (Å²) in [6.45, 7) is 2.86. The molecule has 0 aliphatic heterocycles. The van der Waals surface area contributed by atoms with Gasteiger partial charge in [0.1, 0.15) is 12.4 Å². The van der Waals surface area contributed by atoms with Crippen LogP contribution in [-0.4, -0.2) is 29.7 Å². The fourth-order valence-electron chi connectivity index (χ4n) is 2.09. The van der Waals surface area contributed by atoms with E-state index in [1.54, 1.807) is 12.1 Å². The first-order chi connectivity index (χ1) is 12.0. The second-order valence-corrected chi connectivity index (χ2v) is 6.42. The molecule has 1 amide bonds. The van der Waals surface area contributed by atoms with Gasteiger partial charge in [-0.25, -0.2) is 0 Å². The van der Waals surface area contributed by atoms with Crippen molar-refractivity contribution in [2.75, 3.05) is 18.9 Å². The van der Waals surface area contributed by atoms with Crippen LogP contribution < -0.4 is 10.1 Å². The maximum Gasteiger partial charge on any atom is 0.269 e. The van der Waals surface area contributed by atoms with Crippen molar-refractivity contribution in [1.29, 1.82) is 0 Å². The Morgan fingerprint density at radius 2 is 2.00 bits per heavy atom. The second kappa shape index (κ2) is 9.68. The molecule has 0 atom stereocenters. The maximum atomic E-state index is 11.8. The molecule has 0 unspecified atom stereocenters. The monoisotopic (exact) mass is 360 g/mol. The molecule has 0 bridgehead atoms. The predicted octanol–water partition coefficient (Wildman–Crippen LogP) is 3.33. The molecule has 0 heterocycles. The summed E-state index contributed by atoms with van der Waals surface area (Å²) in [7, 11) is 0. The molecule has 7 heteroatoms. The van der Waals surface area contributed by atoms with Crippen LogP contribution in [0.1, 0.15) is 11.1 Å². The van der Waals surface area contributed by atoms with Crippen LogP contribution >= 0.6 is 11.8 Å². The lowest BCUT2D eigenvalue weighted by molar-refractivity contribution is -0.384. The van der Waals surface area contributed by atoms with Crippen molar-refractivity contribution in [3.63, 3.8) is 0 Å². The van der Waals surface area contributed by atoms with E-state index in [0.29, 0.717) is 24.7 Å². The summed E-state index contributed by atoms with van der Waals surface area (Å²) in [6, 6.07) is 14.1. The molecule has 0 saturated heterocycles. The minimum absolute atomic E-state index is 0.0558. The Morgan fingerprint density at radius 1 is 1.24 bits per heavy atom. The van der Waals surface area contributed by atoms with Crippen molar-refractivity contribution < 1.29 is 14.5 Å². The third kappa shape index (κ3) is 6.84. The van der Waals surface area contributed by atoms with E-state index in [2.05, 4.69) is 5.32 Å². The number of carbonyl (C=O) groups is 1. The minimum Gasteiger partial charge on any atom is -0.492 e. The van der Waals surface area contributed by atoms with Crippen molar-refractivity contribution in [1.82, 2.24) is 5.32 Å². The highest BCUT2D eigenvalue weighted by Crippen LogP contribution is 2.16. The number of nitrogens with one attached hydrogen (secondary N) is 1. The average molecular weight is 360 g/mol. The summed E-state index contributed by atoms with van der Waals surface area (Å²) in [5, 5.41) is 13.4. The molecule has 0 saturated carbocycles. The van der Waals surface area contributed by atoms with Gasteiger partial charge >= 0.3 is 0 Å². The molecule has 0 aliphatic carbocycles. The van der Waals surface area contributed by atoms with E-state index in [1.807, 2.05) is 31.2 Å². The topological polar surface area (TPSA) is 81.5 Å². The highest BCUT2D eigenvalue weighted by atomic mass is 32.2. The molecule has 0 spiro atoms. The van der Waals surface area contributed by atoms with E-state index < -0.39 is 4.92 Å². The zero-order valence-corrected chi connectivity index (χ0v) is 14.8. The van der Waals surface area contributed by atoms with E-state index in [1.165, 1.54) is 23.9 Å². The quantitative estimate of drug-likeness (QED) is 0.421. The van der Waals surface area contributed by atoms with Gasteiger partial charge in [-0.15, -0.1) is 11.8 Å². The Labute approximate surface area is 150 Å². The number of nitrogens with zero attached hydrogens (tertiary/aromatic N) is 1. The number of rotatable bonds is 9. The van der Waals surface area contributed by atoms with Gasteiger partial charge < -0.3 is 10.1 Å². The standard InChI is InChI=1S/C18H20N2O4S/c1-14-3-2-4-17(11-14)24-10-9-19-18(21)13-25-12-15-5-7-16(8-6-15)20(22)23/h2-8,11H,9-10,12-13H2,1H3,(H,19,21). The summed E-state index contributed by atoms with van der Waals surface area (Å²) < 4.78 is 5.56. The lowest BCUT2D eigenvalue weighted by Gasteiger charge is -2.08. The maximum absolute atomic E-state index is 11.8. The van der Waals surface area contributed by atoms with Gasteiger partial charge in [0, 0.05) is 17.9 Å². The van der Waals surface area contributed by atoms with E-state index in [0.717, 1.165) is 16.9 Å². The summed E-state index contributed by atoms with van der Waals surface area (Å²) in [6.07, 6.45) is 0. The smallest absolute Gasteiger partial charge is 0.269 e. The van der Waals surface area contributed by atoms with Gasteiger partial charge in [0.05, 0.1) is 17.2 Å². The fraction of sp³-hybridized carbons (Fsp3) is 0.278. The number of hydrogen-bond acceptors (Lipinski definition) is 5. The van der Waals surface area contributed by atoms with Crippen LogP contribution in [0.25, 0.3) is 0 Å². The van der Waals surface area contributed by atoms with E-state index in [4.69, 9.17) is 4.74 Å². The molecule has 25 heavy (non-hydrogen) atoms. The third-order valence-electron chi connectivity index (χ3n) is 3.33. The number of non-ortho nitro benzene ring substituents is 1. The Kier molecular flexibility index (Phi) is 7.28. The van der Waals surface area contributed by atoms with Crippen LogP contribution in [0.5, 0.6) is 5.75 Å². The molecule has 1 N–H and O–H groups in total. The fourth-order valence-corrected chi connectivity index (χ4v) is 2.91. The molecule has 0 radical (unpaired) electrons. The van der Waals surface area contributed by atoms with Crippen molar-refractivity contribution in [2.24, 2.45) is 0 Å². The van der Waals surface area contributed by atoms with Gasteiger partial charge in [0.25, 0.3) is 5.69 Å². The first kappa shape index (κ1) is 18.8. The summed E-state index contributed by atoms with van der Waals surface area (Å²) in [4.78, 5) is 21.9. The number of amides is 1. The Bertz CT molecular complexity index is 719. The molecule has 0 aliphatic rings. The first-order valence-electron chi connectivity index (χ1n) is 7.82. The van der Waals surface area contributed by atoms with Crippen molar-refractivity contribution in [2.45, 2.75) is 12.7 Å². The van der Waals surface area contributed by atoms with Gasteiger partial charge in [0.2, 0.25) is 5.91 Å². The van der Waals surface area contributed by atoms with Crippen molar-refractivity contribution in [3.05, 3.63) is 69.8 Å². The number of thioether (sulfide) groups is 1. The summed E-state index contributed by atoms with van der Waals surface area (Å²) in [5.74, 6) is 1.70. The number of benzene rings is 2. The normalized spacial score (nSPS) is 10.3. The number of nitro groups is 1. The van der Waals surface area contributed by atoms with E-state index in [9.17, 15) is 14.9 Å². The van der Waals surface area contributed by atoms with Crippen LogP contribution in [0.15, 0.2) is 48.5 Å². The third-order valence-corrected chi connectivity index (χ3v) is 4.34. The average Bonchev–Trinajstić information content (AvgIpc) is 2.59. The molecule has 2 aromatic carbocycles. The zero-order chi connectivity index (χ0) is 18.1. The molecule has 132 valence electrons. The molecule has 0 aromatic heterocycles. The number of carbonyl (C=O) groups excluding carboxylic acids is 1. The predicted molar refractivity (Wildman–Crippen MR) is 98.9 cm³/mol. The molecule has 2 rings (SSSR count). The number of nitro benzene ring substituents is 1. The lowest BCUT2D eigenvalue weighted by Crippen LogP contribution is -2.29. The van der Waals surface area contributed by atoms with E-state index in [-0.39, 0.29) is 11.6 Å². The second-order valence-electron chi connectivity index (χ2n) is 5.43. The molecule has 2 aromatic rings. The van der Waals surface area contributed by atoms with Gasteiger partial charge in [-0.3, -0.25) is 14.9 Å². The summed E-state index contributed by atoms with van der Waals surface area (Å²) >= 11 is 1.46. The van der Waals surface area contributed by atoms with Crippen LogP contribution in [0, 0.1) is 17.0 Å².